The van der Waals surface area contributed by atoms with Gasteiger partial charge in [-0.1, -0.05) is 0 Å². The molecule has 0 heterocycles. The minimum absolute atomic E-state index is 0.147. The van der Waals surface area contributed by atoms with E-state index in [-0.39, 0.29) is 5.61 Å². The molecule has 0 rings (SSSR count). The summed E-state index contributed by atoms with van der Waals surface area (Å²) >= 11 is 2.32. The van der Waals surface area contributed by atoms with Crippen molar-refractivity contribution in [1.82, 2.24) is 0 Å². The molecule has 0 spiro atoms. The number of hydrogen-bond donors (Lipinski definition) is 0. The second kappa shape index (κ2) is 3.30. The molecule has 0 atom stereocenters. The summed E-state index contributed by atoms with van der Waals surface area (Å²) in [4.78, 5) is 0. The first-order chi connectivity index (χ1) is 4.15. The van der Waals surface area contributed by atoms with E-state index in [0.717, 1.165) is 0 Å². The van der Waals surface area contributed by atoms with Crippen LogP contribution in [-0.2, 0) is 0 Å². The average Bonchev–Trinajstić information content (AvgIpc) is 1.59. The summed E-state index contributed by atoms with van der Waals surface area (Å²) in [5.41, 5.74) is 0.147. The topological polar surface area (TPSA) is 0 Å². The Morgan fingerprint density at radius 3 is 1.00 bits per heavy atom. The molecule has 1 radical (unpaired) electrons. The van der Waals surface area contributed by atoms with Gasteiger partial charge in [-0.25, -0.2) is 0 Å². The molecule has 2 heteroatoms. The van der Waals surface area contributed by atoms with Gasteiger partial charge in [0.25, 0.3) is 0 Å². The fourth-order valence-corrected chi connectivity index (χ4v) is 3.02. The molecule has 0 bridgehead atoms. The fourth-order valence-electron chi connectivity index (χ4n) is 1.01. The first-order valence-electron chi connectivity index (χ1n) is 3.63. The SMILES string of the molecule is CC(C)(C)P([Te])C(C)(C)C. The van der Waals surface area contributed by atoms with Crippen LogP contribution < -0.4 is 0 Å². The van der Waals surface area contributed by atoms with Gasteiger partial charge in [-0.05, 0) is 0 Å². The monoisotopic (exact) mass is 275 g/mol. The molecule has 0 amide bonds. The predicted molar refractivity (Wildman–Crippen MR) is 52.2 cm³/mol. The Bertz CT molecular complexity index is 93.4. The summed E-state index contributed by atoms with van der Waals surface area (Å²) < 4.78 is 0. The van der Waals surface area contributed by atoms with Crippen LogP contribution in [0.2, 0.25) is 0 Å². The molecule has 61 valence electrons. The third kappa shape index (κ3) is 3.56. The summed E-state index contributed by atoms with van der Waals surface area (Å²) in [6, 6.07) is 0. The van der Waals surface area contributed by atoms with Crippen molar-refractivity contribution in [2.75, 3.05) is 0 Å². The molecule has 0 saturated carbocycles. The molecule has 0 N–H and O–H groups in total. The molecule has 0 nitrogen and oxygen atoms in total. The molecule has 0 fully saturated rings. The average molecular weight is 273 g/mol. The van der Waals surface area contributed by atoms with E-state index in [0.29, 0.717) is 10.3 Å². The van der Waals surface area contributed by atoms with Crippen LogP contribution in [0.5, 0.6) is 0 Å². The van der Waals surface area contributed by atoms with Crippen LogP contribution in [-0.4, -0.2) is 32.1 Å². The Kier molecular flexibility index (Phi) is 3.70. The zero-order chi connectivity index (χ0) is 8.58. The van der Waals surface area contributed by atoms with Crippen molar-refractivity contribution in [1.29, 1.82) is 0 Å². The summed E-state index contributed by atoms with van der Waals surface area (Å²) in [6.45, 7) is 14.0. The molecule has 0 aromatic carbocycles. The van der Waals surface area contributed by atoms with Crippen molar-refractivity contribution >= 4 is 27.4 Å². The van der Waals surface area contributed by atoms with E-state index >= 15 is 0 Å². The predicted octanol–water partition coefficient (Wildman–Crippen LogP) is 3.15. The second-order valence-corrected chi connectivity index (χ2v) is 11.0. The Hall–Kier alpha value is 1.22. The van der Waals surface area contributed by atoms with Crippen LogP contribution in [0.25, 0.3) is 0 Å². The molecule has 0 aliphatic heterocycles. The van der Waals surface area contributed by atoms with E-state index in [4.69, 9.17) is 0 Å². The van der Waals surface area contributed by atoms with Crippen LogP contribution in [0.15, 0.2) is 0 Å². The molecule has 0 aliphatic carbocycles. The molecule has 0 saturated heterocycles. The Morgan fingerprint density at radius 1 is 0.800 bits per heavy atom. The molecular formula is C8H18PTe. The van der Waals surface area contributed by atoms with Crippen LogP contribution in [0.3, 0.4) is 0 Å². The molecule has 0 aromatic heterocycles. The van der Waals surface area contributed by atoms with E-state index in [1.807, 2.05) is 0 Å². The van der Waals surface area contributed by atoms with E-state index in [2.05, 4.69) is 63.3 Å². The van der Waals surface area contributed by atoms with Crippen LogP contribution in [0, 0.1) is 0 Å². The van der Waals surface area contributed by atoms with Gasteiger partial charge >= 0.3 is 79.2 Å². The summed E-state index contributed by atoms with van der Waals surface area (Å²) in [7, 11) is 0. The van der Waals surface area contributed by atoms with Gasteiger partial charge in [-0.3, -0.25) is 0 Å². The van der Waals surface area contributed by atoms with E-state index in [1.54, 1.807) is 0 Å². The van der Waals surface area contributed by atoms with Gasteiger partial charge in [0.2, 0.25) is 0 Å². The molecule has 0 unspecified atom stereocenters. The maximum absolute atomic E-state index is 2.34. The van der Waals surface area contributed by atoms with E-state index in [1.165, 1.54) is 0 Å². The van der Waals surface area contributed by atoms with Gasteiger partial charge < -0.3 is 0 Å². The number of rotatable bonds is 0. The van der Waals surface area contributed by atoms with E-state index < -0.39 is 0 Å². The van der Waals surface area contributed by atoms with Crippen molar-refractivity contribution in [2.45, 2.75) is 51.9 Å². The third-order valence-corrected chi connectivity index (χ3v) is 13.0. The van der Waals surface area contributed by atoms with Gasteiger partial charge in [-0.15, -0.1) is 0 Å². The quantitative estimate of drug-likeness (QED) is 0.469. The maximum atomic E-state index is 2.34. The van der Waals surface area contributed by atoms with Crippen LogP contribution in [0.4, 0.5) is 0 Å². The van der Waals surface area contributed by atoms with Gasteiger partial charge in [0.15, 0.2) is 0 Å². The third-order valence-electron chi connectivity index (χ3n) is 1.22. The zero-order valence-corrected chi connectivity index (χ0v) is 11.1. The fraction of sp³-hybridized carbons (Fsp3) is 1.00. The Morgan fingerprint density at radius 2 is 1.00 bits per heavy atom. The summed E-state index contributed by atoms with van der Waals surface area (Å²) in [6.07, 6.45) is 0. The van der Waals surface area contributed by atoms with E-state index in [9.17, 15) is 0 Å². The Labute approximate surface area is 79.2 Å². The van der Waals surface area contributed by atoms with Crippen molar-refractivity contribution in [3.8, 4) is 0 Å². The normalized spacial score (nSPS) is 14.4. The molecule has 0 aromatic rings. The first kappa shape index (κ1) is 11.2. The van der Waals surface area contributed by atoms with Crippen LogP contribution in [0.1, 0.15) is 41.5 Å². The minimum atomic E-state index is 0.147. The number of hydrogen-bond acceptors (Lipinski definition) is 0. The van der Waals surface area contributed by atoms with Gasteiger partial charge in [0, 0.05) is 0 Å². The van der Waals surface area contributed by atoms with Gasteiger partial charge in [0.05, 0.1) is 0 Å². The second-order valence-electron chi connectivity index (χ2n) is 4.64. The Balaban J connectivity index is 4.23. The van der Waals surface area contributed by atoms with Crippen molar-refractivity contribution < 1.29 is 0 Å². The zero-order valence-electron chi connectivity index (χ0n) is 7.86. The standard InChI is InChI=1S/C8H18PTe/c1-7(2,3)9(10)8(4,5)6/h1-6H3. The van der Waals surface area contributed by atoms with Crippen molar-refractivity contribution in [2.24, 2.45) is 0 Å². The van der Waals surface area contributed by atoms with Crippen LogP contribution >= 0.6 is 5.61 Å². The molecular weight excluding hydrogens is 255 g/mol. The first-order valence-corrected chi connectivity index (χ1v) is 8.02. The van der Waals surface area contributed by atoms with Crippen molar-refractivity contribution in [3.05, 3.63) is 0 Å². The van der Waals surface area contributed by atoms with Gasteiger partial charge in [0.1, 0.15) is 0 Å². The van der Waals surface area contributed by atoms with Gasteiger partial charge in [-0.2, -0.15) is 0 Å². The summed E-state index contributed by atoms with van der Waals surface area (Å²) in [5.74, 6) is 0. The summed E-state index contributed by atoms with van der Waals surface area (Å²) in [5, 5.41) is 1.02. The molecule has 10 heavy (non-hydrogen) atoms. The molecule has 0 aliphatic rings. The van der Waals surface area contributed by atoms with Crippen molar-refractivity contribution in [3.63, 3.8) is 0 Å².